The number of ether oxygens (including phenoxy) is 1. The first kappa shape index (κ1) is 24.2. The van der Waals surface area contributed by atoms with Gasteiger partial charge in [-0.25, -0.2) is 14.4 Å². The van der Waals surface area contributed by atoms with Crippen molar-refractivity contribution in [1.29, 1.82) is 0 Å². The minimum Gasteiger partial charge on any atom is -0.368 e. The normalized spacial score (nSPS) is 19.6. The number of allylic oxidation sites excluding steroid dienone is 2. The molecule has 1 atom stereocenters. The first-order valence-electron chi connectivity index (χ1n) is 11.2. The summed E-state index contributed by atoms with van der Waals surface area (Å²) in [4.78, 5) is 37.2. The molecule has 34 heavy (non-hydrogen) atoms. The summed E-state index contributed by atoms with van der Waals surface area (Å²) in [6.07, 6.45) is 5.63. The lowest BCUT2D eigenvalue weighted by Crippen LogP contribution is -2.43. The van der Waals surface area contributed by atoms with E-state index in [1.807, 2.05) is 6.92 Å². The van der Waals surface area contributed by atoms with Crippen LogP contribution in [0.15, 0.2) is 30.0 Å². The highest BCUT2D eigenvalue weighted by Crippen LogP contribution is 2.35. The molecule has 3 N–H and O–H groups in total. The van der Waals surface area contributed by atoms with Gasteiger partial charge in [0.15, 0.2) is 0 Å². The summed E-state index contributed by atoms with van der Waals surface area (Å²) >= 11 is 1.22. The molecule has 0 radical (unpaired) electrons. The summed E-state index contributed by atoms with van der Waals surface area (Å²) in [6.45, 7) is 3.70. The third-order valence-electron chi connectivity index (χ3n) is 6.13. The van der Waals surface area contributed by atoms with Crippen molar-refractivity contribution in [1.82, 2.24) is 19.8 Å². The fourth-order valence-electron chi connectivity index (χ4n) is 4.19. The topological polar surface area (TPSA) is 114 Å². The van der Waals surface area contributed by atoms with Crippen LogP contribution >= 0.6 is 11.3 Å². The molecule has 0 saturated carbocycles. The minimum absolute atomic E-state index is 0.0402. The number of anilines is 1. The van der Waals surface area contributed by atoms with E-state index in [-0.39, 0.29) is 24.3 Å². The van der Waals surface area contributed by atoms with Crippen LogP contribution in [0.5, 0.6) is 0 Å². The molecule has 0 bridgehead atoms. The fraction of sp³-hybridized carbons (Fsp3) is 0.478. The monoisotopic (exact) mass is 488 g/mol. The van der Waals surface area contributed by atoms with Crippen molar-refractivity contribution in [2.75, 3.05) is 39.0 Å². The number of carbonyl (C=O) groups is 2. The number of thiophene rings is 1. The molecule has 0 aromatic carbocycles. The minimum atomic E-state index is -0.506. The van der Waals surface area contributed by atoms with Crippen LogP contribution in [-0.2, 0) is 9.53 Å². The molecular weight excluding hydrogens is 459 g/mol. The smallest absolute Gasteiger partial charge is 0.259 e. The van der Waals surface area contributed by atoms with E-state index in [2.05, 4.69) is 20.2 Å². The lowest BCUT2D eigenvalue weighted by atomic mass is 10.0. The molecule has 1 saturated heterocycles. The number of halogens is 1. The van der Waals surface area contributed by atoms with E-state index >= 15 is 0 Å². The van der Waals surface area contributed by atoms with E-state index in [1.165, 1.54) is 23.7 Å². The van der Waals surface area contributed by atoms with Crippen LogP contribution in [-0.4, -0.2) is 77.5 Å². The Morgan fingerprint density at radius 3 is 2.71 bits per heavy atom. The average Bonchev–Trinajstić information content (AvgIpc) is 3.14. The molecule has 2 aliphatic rings. The first-order valence-corrected chi connectivity index (χ1v) is 12.0. The predicted octanol–water partition coefficient (Wildman–Crippen LogP) is 2.59. The molecule has 1 fully saturated rings. The van der Waals surface area contributed by atoms with Gasteiger partial charge in [0, 0.05) is 39.3 Å². The number of amides is 2. The molecule has 2 aromatic rings. The van der Waals surface area contributed by atoms with Crippen LogP contribution < -0.4 is 11.1 Å². The van der Waals surface area contributed by atoms with E-state index < -0.39 is 12.0 Å². The molecule has 1 aliphatic heterocycles. The van der Waals surface area contributed by atoms with E-state index in [9.17, 15) is 14.0 Å². The lowest BCUT2D eigenvalue weighted by molar-refractivity contribution is -0.130. The molecule has 9 nitrogen and oxygen atoms in total. The van der Waals surface area contributed by atoms with Gasteiger partial charge in [0.1, 0.15) is 28.9 Å². The number of nitrogens with two attached hydrogens (primary N) is 1. The molecular formula is C23H29FN6O3S. The second-order valence-corrected chi connectivity index (χ2v) is 9.77. The first-order chi connectivity index (χ1) is 16.2. The third-order valence-corrected chi connectivity index (χ3v) is 7.35. The van der Waals surface area contributed by atoms with Crippen LogP contribution in [0.1, 0.15) is 34.5 Å². The van der Waals surface area contributed by atoms with Gasteiger partial charge in [-0.15, -0.1) is 11.3 Å². The van der Waals surface area contributed by atoms with Crippen molar-refractivity contribution >= 4 is 39.2 Å². The maximum Gasteiger partial charge on any atom is 0.259 e. The zero-order valence-corrected chi connectivity index (χ0v) is 20.3. The van der Waals surface area contributed by atoms with Crippen molar-refractivity contribution in [3.05, 3.63) is 40.4 Å². The third kappa shape index (κ3) is 5.26. The number of nitrogens with one attached hydrogen (secondary N) is 1. The highest BCUT2D eigenvalue weighted by molar-refractivity contribution is 7.20. The van der Waals surface area contributed by atoms with Gasteiger partial charge in [0.25, 0.3) is 5.91 Å². The number of hydrogen-bond donors (Lipinski definition) is 2. The number of fused-ring (bicyclic) bond motifs is 1. The molecule has 0 spiro atoms. The molecule has 11 heteroatoms. The number of likely N-dealkylation sites (tertiary alicyclic amines) is 1. The zero-order chi connectivity index (χ0) is 24.4. The van der Waals surface area contributed by atoms with Crippen molar-refractivity contribution in [2.45, 2.75) is 38.4 Å². The van der Waals surface area contributed by atoms with Gasteiger partial charge in [0.2, 0.25) is 5.91 Å². The zero-order valence-electron chi connectivity index (χ0n) is 19.5. The molecule has 182 valence electrons. The van der Waals surface area contributed by atoms with Gasteiger partial charge in [0.05, 0.1) is 22.9 Å². The van der Waals surface area contributed by atoms with Crippen molar-refractivity contribution in [3.63, 3.8) is 0 Å². The van der Waals surface area contributed by atoms with Crippen LogP contribution in [0.25, 0.3) is 10.2 Å². The molecule has 2 amide bonds. The van der Waals surface area contributed by atoms with Crippen LogP contribution in [0.2, 0.25) is 0 Å². The van der Waals surface area contributed by atoms with E-state index in [0.717, 1.165) is 31.3 Å². The number of rotatable bonds is 7. The highest BCUT2D eigenvalue weighted by Gasteiger charge is 2.29. The number of carbonyl (C=O) groups excluding carboxylic acids is 2. The number of piperidine rings is 1. The van der Waals surface area contributed by atoms with Gasteiger partial charge in [-0.2, -0.15) is 0 Å². The number of aromatic nitrogens is 2. The second kappa shape index (κ2) is 10.2. The maximum atomic E-state index is 14.2. The summed E-state index contributed by atoms with van der Waals surface area (Å²) in [6, 6.07) is 0. The Morgan fingerprint density at radius 2 is 2.03 bits per heavy atom. The largest absolute Gasteiger partial charge is 0.368 e. The van der Waals surface area contributed by atoms with Crippen molar-refractivity contribution in [3.8, 4) is 0 Å². The number of likely N-dealkylation sites (N-methyl/N-ethyl adjacent to an activating group) is 1. The molecule has 4 rings (SSSR count). The Kier molecular flexibility index (Phi) is 7.24. The molecule has 1 unspecified atom stereocenters. The van der Waals surface area contributed by atoms with E-state index in [1.54, 1.807) is 25.1 Å². The Bertz CT molecular complexity index is 1150. The average molecular weight is 489 g/mol. The Morgan fingerprint density at radius 1 is 1.29 bits per heavy atom. The quantitative estimate of drug-likeness (QED) is 0.616. The Balaban J connectivity index is 1.46. The standard InChI is InChI=1S/C23H29FN6O3S/c1-13-19-22(26-12-27-23(19)34-20(13)21(25)32)28-16-5-4-14(24)10-17(16)33-15-6-8-30(9-7-15)11-18(31)29(2)3/h4-5,12,15,17H,6-11H2,1-3H3,(H2,25,32)(H,26,27,28). The number of nitrogens with zero attached hydrogens (tertiary/aromatic N) is 4. The lowest BCUT2D eigenvalue weighted by Gasteiger charge is -2.35. The van der Waals surface area contributed by atoms with Crippen molar-refractivity contribution < 1.29 is 18.7 Å². The van der Waals surface area contributed by atoms with Crippen LogP contribution in [0, 0.1) is 6.92 Å². The predicted molar refractivity (Wildman–Crippen MR) is 129 cm³/mol. The van der Waals surface area contributed by atoms with Gasteiger partial charge in [-0.3, -0.25) is 14.5 Å². The molecule has 3 heterocycles. The van der Waals surface area contributed by atoms with Gasteiger partial charge in [-0.05, 0) is 37.5 Å². The fourth-order valence-corrected chi connectivity index (χ4v) is 5.19. The van der Waals surface area contributed by atoms with E-state index in [4.69, 9.17) is 10.5 Å². The maximum absolute atomic E-state index is 14.2. The summed E-state index contributed by atoms with van der Waals surface area (Å²) in [5.41, 5.74) is 6.91. The van der Waals surface area contributed by atoms with Gasteiger partial charge < -0.3 is 20.7 Å². The van der Waals surface area contributed by atoms with Crippen LogP contribution in [0.4, 0.5) is 10.2 Å². The second-order valence-electron chi connectivity index (χ2n) is 8.78. The number of primary amides is 1. The van der Waals surface area contributed by atoms with Gasteiger partial charge in [-0.1, -0.05) is 0 Å². The van der Waals surface area contributed by atoms with E-state index in [0.29, 0.717) is 33.3 Å². The summed E-state index contributed by atoms with van der Waals surface area (Å²) in [7, 11) is 3.50. The van der Waals surface area contributed by atoms with Crippen LogP contribution in [0.3, 0.4) is 0 Å². The Hall–Kier alpha value is -2.89. The summed E-state index contributed by atoms with van der Waals surface area (Å²) in [5.74, 6) is -0.153. The Labute approximate surface area is 201 Å². The number of aryl methyl sites for hydroxylation is 1. The van der Waals surface area contributed by atoms with Crippen molar-refractivity contribution in [2.24, 2.45) is 5.73 Å². The molecule has 1 aliphatic carbocycles. The highest BCUT2D eigenvalue weighted by atomic mass is 32.1. The summed E-state index contributed by atoms with van der Waals surface area (Å²) in [5, 5.41) is 4.01. The number of hydrogen-bond acceptors (Lipinski definition) is 8. The van der Waals surface area contributed by atoms with Gasteiger partial charge >= 0.3 is 0 Å². The molecule has 2 aromatic heterocycles. The SMILES string of the molecule is Cc1c(C(N)=O)sc2ncnc(NC3=CC=C(F)CC3OC3CCN(CC(=O)N(C)C)CC3)c12. The summed E-state index contributed by atoms with van der Waals surface area (Å²) < 4.78 is 20.5.